The van der Waals surface area contributed by atoms with Crippen molar-refractivity contribution in [2.24, 2.45) is 0 Å². The van der Waals surface area contributed by atoms with Gasteiger partial charge in [-0.25, -0.2) is 14.2 Å². The molecule has 0 fully saturated rings. The van der Waals surface area contributed by atoms with Gasteiger partial charge in [-0.1, -0.05) is 6.07 Å². The molecule has 1 heterocycles. The van der Waals surface area contributed by atoms with Crippen LogP contribution in [0.1, 0.15) is 21.7 Å². The summed E-state index contributed by atoms with van der Waals surface area (Å²) in [5.41, 5.74) is 2.62. The molecule has 0 aliphatic heterocycles. The number of halogens is 1. The molecule has 0 bridgehead atoms. The van der Waals surface area contributed by atoms with Crippen molar-refractivity contribution < 1.29 is 14.3 Å². The third kappa shape index (κ3) is 2.16. The molecule has 0 aliphatic rings. The molecule has 0 saturated heterocycles. The van der Waals surface area contributed by atoms with E-state index in [1.54, 1.807) is 23.6 Å². The third-order valence-corrected chi connectivity index (χ3v) is 3.37. The van der Waals surface area contributed by atoms with Gasteiger partial charge in [-0.3, -0.25) is 4.57 Å². The average molecular weight is 284 g/mol. The van der Waals surface area contributed by atoms with Crippen LogP contribution in [0, 0.1) is 19.7 Å². The van der Waals surface area contributed by atoms with Crippen molar-refractivity contribution in [3.05, 3.63) is 59.2 Å². The van der Waals surface area contributed by atoms with Crippen molar-refractivity contribution in [1.82, 2.24) is 9.55 Å². The average Bonchev–Trinajstić information content (AvgIpc) is 2.72. The highest BCUT2D eigenvalue weighted by Gasteiger charge is 2.16. The summed E-state index contributed by atoms with van der Waals surface area (Å²) in [6, 6.07) is 9.65. The van der Waals surface area contributed by atoms with Crippen LogP contribution < -0.4 is 0 Å². The van der Waals surface area contributed by atoms with Crippen LogP contribution in [0.5, 0.6) is 0 Å². The SMILES string of the molecule is Cc1cc(F)cc(-n2c(C)nc3c(C(=O)O)cccc32)c1. The lowest BCUT2D eigenvalue weighted by atomic mass is 10.1. The van der Waals surface area contributed by atoms with Crippen LogP contribution in [0.2, 0.25) is 0 Å². The number of para-hydroxylation sites is 1. The molecule has 106 valence electrons. The number of rotatable bonds is 2. The van der Waals surface area contributed by atoms with Crippen LogP contribution in [0.4, 0.5) is 4.39 Å². The second-order valence-electron chi connectivity index (χ2n) is 4.96. The predicted molar refractivity (Wildman–Crippen MR) is 77.5 cm³/mol. The zero-order valence-electron chi connectivity index (χ0n) is 11.6. The van der Waals surface area contributed by atoms with E-state index >= 15 is 0 Å². The van der Waals surface area contributed by atoms with Gasteiger partial charge >= 0.3 is 5.97 Å². The zero-order chi connectivity index (χ0) is 15.1. The highest BCUT2D eigenvalue weighted by molar-refractivity contribution is 6.01. The molecule has 5 heteroatoms. The van der Waals surface area contributed by atoms with E-state index < -0.39 is 5.97 Å². The molecule has 0 saturated carbocycles. The minimum absolute atomic E-state index is 0.141. The molecule has 0 radical (unpaired) electrons. The monoisotopic (exact) mass is 284 g/mol. The quantitative estimate of drug-likeness (QED) is 0.783. The van der Waals surface area contributed by atoms with Crippen LogP contribution in [0.15, 0.2) is 36.4 Å². The number of hydrogen-bond acceptors (Lipinski definition) is 2. The lowest BCUT2D eigenvalue weighted by Gasteiger charge is -2.08. The molecule has 1 N–H and O–H groups in total. The first-order valence-corrected chi connectivity index (χ1v) is 6.46. The first-order valence-electron chi connectivity index (χ1n) is 6.46. The Labute approximate surface area is 120 Å². The molecule has 2 aromatic carbocycles. The highest BCUT2D eigenvalue weighted by atomic mass is 19.1. The Balaban J connectivity index is 2.35. The van der Waals surface area contributed by atoms with Crippen molar-refractivity contribution in [2.75, 3.05) is 0 Å². The maximum Gasteiger partial charge on any atom is 0.337 e. The van der Waals surface area contributed by atoms with Crippen molar-refractivity contribution in [3.8, 4) is 5.69 Å². The molecule has 0 unspecified atom stereocenters. The Morgan fingerprint density at radius 1 is 1.24 bits per heavy atom. The maximum atomic E-state index is 13.6. The van der Waals surface area contributed by atoms with Crippen molar-refractivity contribution >= 4 is 17.0 Å². The number of aryl methyl sites for hydroxylation is 2. The lowest BCUT2D eigenvalue weighted by Crippen LogP contribution is -1.99. The number of carbonyl (C=O) groups is 1. The highest BCUT2D eigenvalue weighted by Crippen LogP contribution is 2.25. The third-order valence-electron chi connectivity index (χ3n) is 3.37. The molecular formula is C16H13FN2O2. The van der Waals surface area contributed by atoms with E-state index in [1.165, 1.54) is 18.2 Å². The van der Waals surface area contributed by atoms with Gasteiger partial charge in [0.2, 0.25) is 0 Å². The number of benzene rings is 2. The fraction of sp³-hybridized carbons (Fsp3) is 0.125. The number of imidazole rings is 1. The molecular weight excluding hydrogens is 271 g/mol. The number of fused-ring (bicyclic) bond motifs is 1. The second-order valence-corrected chi connectivity index (χ2v) is 4.96. The number of aromatic carboxylic acids is 1. The lowest BCUT2D eigenvalue weighted by molar-refractivity contribution is 0.0699. The second kappa shape index (κ2) is 4.70. The van der Waals surface area contributed by atoms with Gasteiger partial charge in [0.15, 0.2) is 0 Å². The van der Waals surface area contributed by atoms with E-state index in [2.05, 4.69) is 4.98 Å². The molecule has 0 spiro atoms. The normalized spacial score (nSPS) is 11.0. The molecule has 21 heavy (non-hydrogen) atoms. The largest absolute Gasteiger partial charge is 0.478 e. The van der Waals surface area contributed by atoms with Crippen LogP contribution >= 0.6 is 0 Å². The Morgan fingerprint density at radius 3 is 2.67 bits per heavy atom. The Morgan fingerprint density at radius 2 is 2.00 bits per heavy atom. The predicted octanol–water partition coefficient (Wildman–Crippen LogP) is 3.48. The number of carboxylic acids is 1. The zero-order valence-corrected chi connectivity index (χ0v) is 11.6. The van der Waals surface area contributed by atoms with Crippen LogP contribution in [0.25, 0.3) is 16.7 Å². The van der Waals surface area contributed by atoms with E-state index in [0.29, 0.717) is 22.5 Å². The van der Waals surface area contributed by atoms with Gasteiger partial charge in [0, 0.05) is 0 Å². The van der Waals surface area contributed by atoms with Crippen LogP contribution in [-0.2, 0) is 0 Å². The minimum atomic E-state index is -1.03. The molecule has 3 rings (SSSR count). The van der Waals surface area contributed by atoms with E-state index in [4.69, 9.17) is 0 Å². The summed E-state index contributed by atoms with van der Waals surface area (Å²) in [4.78, 5) is 15.6. The van der Waals surface area contributed by atoms with E-state index in [0.717, 1.165) is 5.56 Å². The van der Waals surface area contributed by atoms with E-state index in [9.17, 15) is 14.3 Å². The number of aromatic nitrogens is 2. The van der Waals surface area contributed by atoms with Gasteiger partial charge in [0.25, 0.3) is 0 Å². The van der Waals surface area contributed by atoms with Crippen molar-refractivity contribution in [3.63, 3.8) is 0 Å². The maximum absolute atomic E-state index is 13.6. The molecule has 0 amide bonds. The Hall–Kier alpha value is -2.69. The van der Waals surface area contributed by atoms with Crippen LogP contribution in [0.3, 0.4) is 0 Å². The fourth-order valence-electron chi connectivity index (χ4n) is 2.56. The van der Waals surface area contributed by atoms with Gasteiger partial charge in [-0.05, 0) is 49.7 Å². The summed E-state index contributed by atoms with van der Waals surface area (Å²) in [7, 11) is 0. The van der Waals surface area contributed by atoms with Gasteiger partial charge < -0.3 is 5.11 Å². The number of hydrogen-bond donors (Lipinski definition) is 1. The number of nitrogens with zero attached hydrogens (tertiary/aromatic N) is 2. The molecule has 3 aromatic rings. The molecule has 4 nitrogen and oxygen atoms in total. The standard InChI is InChI=1S/C16H13FN2O2/c1-9-6-11(17)8-12(7-9)19-10(2)18-15-13(16(20)21)4-3-5-14(15)19/h3-8H,1-2H3,(H,20,21). The first-order chi connectivity index (χ1) is 9.97. The molecule has 0 atom stereocenters. The first kappa shape index (κ1) is 13.3. The Bertz CT molecular complexity index is 848. The summed E-state index contributed by atoms with van der Waals surface area (Å²) >= 11 is 0. The van der Waals surface area contributed by atoms with E-state index in [-0.39, 0.29) is 11.4 Å². The summed E-state index contributed by atoms with van der Waals surface area (Å²) in [5.74, 6) is -0.745. The van der Waals surface area contributed by atoms with Crippen LogP contribution in [-0.4, -0.2) is 20.6 Å². The topological polar surface area (TPSA) is 55.1 Å². The molecule has 1 aromatic heterocycles. The van der Waals surface area contributed by atoms with Gasteiger partial charge in [0.1, 0.15) is 17.2 Å². The summed E-state index contributed by atoms with van der Waals surface area (Å²) in [5, 5.41) is 9.23. The summed E-state index contributed by atoms with van der Waals surface area (Å²) < 4.78 is 15.4. The van der Waals surface area contributed by atoms with Crippen molar-refractivity contribution in [1.29, 1.82) is 0 Å². The van der Waals surface area contributed by atoms with Crippen molar-refractivity contribution in [2.45, 2.75) is 13.8 Å². The van der Waals surface area contributed by atoms with Gasteiger partial charge in [-0.2, -0.15) is 0 Å². The number of carboxylic acid groups (broad SMARTS) is 1. The van der Waals surface area contributed by atoms with Gasteiger partial charge in [0.05, 0.1) is 16.8 Å². The summed E-state index contributed by atoms with van der Waals surface area (Å²) in [6.07, 6.45) is 0. The Kier molecular flexibility index (Phi) is 2.97. The van der Waals surface area contributed by atoms with Gasteiger partial charge in [-0.15, -0.1) is 0 Å². The minimum Gasteiger partial charge on any atom is -0.478 e. The smallest absolute Gasteiger partial charge is 0.337 e. The molecule has 0 aliphatic carbocycles. The summed E-state index contributed by atoms with van der Waals surface area (Å²) in [6.45, 7) is 3.58. The van der Waals surface area contributed by atoms with E-state index in [1.807, 2.05) is 13.0 Å². The fourth-order valence-corrected chi connectivity index (χ4v) is 2.56.